The zero-order chi connectivity index (χ0) is 18.8. The molecule has 0 unspecified atom stereocenters. The summed E-state index contributed by atoms with van der Waals surface area (Å²) in [6, 6.07) is 14.6. The minimum atomic E-state index is -0.197. The van der Waals surface area contributed by atoms with E-state index in [0.717, 1.165) is 27.8 Å². The van der Waals surface area contributed by atoms with Gasteiger partial charge in [0.15, 0.2) is 5.82 Å². The number of hydrogen-bond donors (Lipinski definition) is 1. The Balaban J connectivity index is 1.69. The van der Waals surface area contributed by atoms with Gasteiger partial charge >= 0.3 is 0 Å². The van der Waals surface area contributed by atoms with Crippen molar-refractivity contribution >= 4 is 27.9 Å². The summed E-state index contributed by atoms with van der Waals surface area (Å²) < 4.78 is 7.15. The highest BCUT2D eigenvalue weighted by Crippen LogP contribution is 2.33. The van der Waals surface area contributed by atoms with Crippen LogP contribution in [0, 0.1) is 0 Å². The Bertz CT molecular complexity index is 1100. The minimum absolute atomic E-state index is 0.197. The van der Waals surface area contributed by atoms with Gasteiger partial charge in [0.1, 0.15) is 10.8 Å². The number of nitrogens with one attached hydrogen (secondary N) is 1. The van der Waals surface area contributed by atoms with Crippen LogP contribution >= 0.6 is 11.3 Å². The lowest BCUT2D eigenvalue weighted by molar-refractivity contribution is 0.102. The van der Waals surface area contributed by atoms with E-state index in [1.165, 1.54) is 11.3 Å². The molecule has 0 saturated carbocycles. The van der Waals surface area contributed by atoms with Crippen molar-refractivity contribution < 1.29 is 9.53 Å². The summed E-state index contributed by atoms with van der Waals surface area (Å²) in [6.45, 7) is 2.01. The Morgan fingerprint density at radius 3 is 2.74 bits per heavy atom. The lowest BCUT2D eigenvalue weighted by Crippen LogP contribution is -2.12. The van der Waals surface area contributed by atoms with Gasteiger partial charge in [-0.2, -0.15) is 9.61 Å². The van der Waals surface area contributed by atoms with Crippen LogP contribution in [-0.2, 0) is 6.42 Å². The van der Waals surface area contributed by atoms with E-state index in [2.05, 4.69) is 20.6 Å². The number of methoxy groups -OCH3 is 1. The van der Waals surface area contributed by atoms with Crippen LogP contribution in [-0.4, -0.2) is 32.8 Å². The van der Waals surface area contributed by atoms with E-state index in [0.29, 0.717) is 17.0 Å². The molecule has 0 aliphatic heterocycles. The van der Waals surface area contributed by atoms with Gasteiger partial charge in [-0.3, -0.25) is 4.79 Å². The Hall–Kier alpha value is -3.26. The van der Waals surface area contributed by atoms with Crippen molar-refractivity contribution in [1.82, 2.24) is 19.8 Å². The van der Waals surface area contributed by atoms with E-state index in [-0.39, 0.29) is 5.91 Å². The Kier molecular flexibility index (Phi) is 4.55. The van der Waals surface area contributed by atoms with Crippen molar-refractivity contribution in [3.05, 3.63) is 59.9 Å². The molecule has 4 aromatic rings. The van der Waals surface area contributed by atoms with E-state index >= 15 is 0 Å². The maximum absolute atomic E-state index is 12.5. The van der Waals surface area contributed by atoms with Crippen LogP contribution in [0.5, 0.6) is 5.75 Å². The highest BCUT2D eigenvalue weighted by atomic mass is 32.1. The van der Waals surface area contributed by atoms with Crippen molar-refractivity contribution in [1.29, 1.82) is 0 Å². The topological polar surface area (TPSA) is 81.4 Å². The predicted octanol–water partition coefficient (Wildman–Crippen LogP) is 3.68. The standard InChI is InChI=1S/C19H17N5O2S/c1-3-16-21-22-19-24(16)23-18(27-19)13-9-10-15(26-2)14(11-13)20-17(25)12-7-5-4-6-8-12/h4-11H,3H2,1-2H3,(H,20,25). The zero-order valence-electron chi connectivity index (χ0n) is 14.8. The number of amides is 1. The third-order valence-electron chi connectivity index (χ3n) is 4.10. The second-order valence-corrected chi connectivity index (χ2v) is 6.76. The van der Waals surface area contributed by atoms with Gasteiger partial charge < -0.3 is 10.1 Å². The van der Waals surface area contributed by atoms with Gasteiger partial charge in [0.25, 0.3) is 5.91 Å². The van der Waals surface area contributed by atoms with Crippen LogP contribution in [0.4, 0.5) is 5.69 Å². The number of ether oxygens (including phenoxy) is 1. The van der Waals surface area contributed by atoms with Crippen LogP contribution in [0.2, 0.25) is 0 Å². The summed E-state index contributed by atoms with van der Waals surface area (Å²) >= 11 is 1.45. The molecule has 0 bridgehead atoms. The van der Waals surface area contributed by atoms with Gasteiger partial charge in [0.2, 0.25) is 4.96 Å². The fourth-order valence-electron chi connectivity index (χ4n) is 2.72. The normalized spacial score (nSPS) is 10.9. The molecule has 0 radical (unpaired) electrons. The van der Waals surface area contributed by atoms with Crippen molar-refractivity contribution in [2.75, 3.05) is 12.4 Å². The summed E-state index contributed by atoms with van der Waals surface area (Å²) in [6.07, 6.45) is 0.755. The van der Waals surface area contributed by atoms with Gasteiger partial charge in [-0.05, 0) is 30.3 Å². The fourth-order valence-corrected chi connectivity index (χ4v) is 3.57. The SMILES string of the molecule is CCc1nnc2sc(-c3ccc(OC)c(NC(=O)c4ccccc4)c3)nn12. The van der Waals surface area contributed by atoms with Crippen LogP contribution in [0.3, 0.4) is 0 Å². The highest BCUT2D eigenvalue weighted by Gasteiger charge is 2.15. The van der Waals surface area contributed by atoms with Crippen LogP contribution < -0.4 is 10.1 Å². The third-order valence-corrected chi connectivity index (χ3v) is 5.05. The first-order valence-electron chi connectivity index (χ1n) is 8.45. The molecule has 2 aromatic heterocycles. The number of rotatable bonds is 5. The largest absolute Gasteiger partial charge is 0.495 e. The van der Waals surface area contributed by atoms with E-state index in [1.807, 2.05) is 43.3 Å². The number of carbonyl (C=O) groups is 1. The number of benzene rings is 2. The summed E-state index contributed by atoms with van der Waals surface area (Å²) in [5, 5.41) is 16.6. The molecule has 4 rings (SSSR count). The highest BCUT2D eigenvalue weighted by molar-refractivity contribution is 7.19. The summed E-state index contributed by atoms with van der Waals surface area (Å²) in [5.74, 6) is 1.20. The zero-order valence-corrected chi connectivity index (χ0v) is 15.7. The molecule has 0 fully saturated rings. The lowest BCUT2D eigenvalue weighted by Gasteiger charge is -2.11. The van der Waals surface area contributed by atoms with Crippen molar-refractivity contribution in [2.24, 2.45) is 0 Å². The number of anilines is 1. The van der Waals surface area contributed by atoms with Gasteiger partial charge in [-0.15, -0.1) is 10.2 Å². The van der Waals surface area contributed by atoms with E-state index < -0.39 is 0 Å². The van der Waals surface area contributed by atoms with Gasteiger partial charge in [0, 0.05) is 17.5 Å². The molecule has 0 spiro atoms. The van der Waals surface area contributed by atoms with Gasteiger partial charge in [0.05, 0.1) is 12.8 Å². The molecule has 27 heavy (non-hydrogen) atoms. The molecular formula is C19H17N5O2S. The number of nitrogens with zero attached hydrogens (tertiary/aromatic N) is 4. The average molecular weight is 379 g/mol. The monoisotopic (exact) mass is 379 g/mol. The van der Waals surface area contributed by atoms with Crippen molar-refractivity contribution in [3.63, 3.8) is 0 Å². The molecule has 0 saturated heterocycles. The lowest BCUT2D eigenvalue weighted by atomic mass is 10.1. The molecule has 1 N–H and O–H groups in total. The molecule has 2 heterocycles. The maximum Gasteiger partial charge on any atom is 0.255 e. The van der Waals surface area contributed by atoms with Crippen molar-refractivity contribution in [2.45, 2.75) is 13.3 Å². The quantitative estimate of drug-likeness (QED) is 0.572. The fraction of sp³-hybridized carbons (Fsp3) is 0.158. The molecule has 2 aromatic carbocycles. The first-order chi connectivity index (χ1) is 13.2. The number of aromatic nitrogens is 4. The number of carbonyl (C=O) groups excluding carboxylic acids is 1. The van der Waals surface area contributed by atoms with Crippen LogP contribution in [0.25, 0.3) is 15.5 Å². The second-order valence-electron chi connectivity index (χ2n) is 5.81. The molecule has 136 valence electrons. The first kappa shape index (κ1) is 17.2. The molecule has 7 nitrogen and oxygen atoms in total. The number of fused-ring (bicyclic) bond motifs is 1. The minimum Gasteiger partial charge on any atom is -0.495 e. The first-order valence-corrected chi connectivity index (χ1v) is 9.27. The van der Waals surface area contributed by atoms with E-state index in [9.17, 15) is 4.79 Å². The maximum atomic E-state index is 12.5. The van der Waals surface area contributed by atoms with E-state index in [1.54, 1.807) is 23.8 Å². The molecule has 0 aliphatic rings. The third kappa shape index (κ3) is 3.26. The van der Waals surface area contributed by atoms with Gasteiger partial charge in [-0.25, -0.2) is 0 Å². The summed E-state index contributed by atoms with van der Waals surface area (Å²) in [4.78, 5) is 13.3. The molecule has 0 atom stereocenters. The average Bonchev–Trinajstić information content (AvgIpc) is 3.29. The Morgan fingerprint density at radius 2 is 2.00 bits per heavy atom. The number of aryl methyl sites for hydroxylation is 1. The predicted molar refractivity (Wildman–Crippen MR) is 104 cm³/mol. The Morgan fingerprint density at radius 1 is 1.19 bits per heavy atom. The molecular weight excluding hydrogens is 362 g/mol. The summed E-state index contributed by atoms with van der Waals surface area (Å²) in [5.41, 5.74) is 2.04. The molecule has 8 heteroatoms. The van der Waals surface area contributed by atoms with Crippen LogP contribution in [0.1, 0.15) is 23.1 Å². The molecule has 1 amide bonds. The molecule has 0 aliphatic carbocycles. The number of hydrogen-bond acceptors (Lipinski definition) is 6. The smallest absolute Gasteiger partial charge is 0.255 e. The van der Waals surface area contributed by atoms with E-state index in [4.69, 9.17) is 4.74 Å². The second kappa shape index (κ2) is 7.16. The van der Waals surface area contributed by atoms with Gasteiger partial charge in [-0.1, -0.05) is 36.5 Å². The van der Waals surface area contributed by atoms with Crippen LogP contribution in [0.15, 0.2) is 48.5 Å². The Labute approximate surface area is 159 Å². The summed E-state index contributed by atoms with van der Waals surface area (Å²) in [7, 11) is 1.57. The van der Waals surface area contributed by atoms with Crippen molar-refractivity contribution in [3.8, 4) is 16.3 Å².